The molecule has 0 saturated carbocycles. The van der Waals surface area contributed by atoms with Gasteiger partial charge in [0, 0.05) is 17.6 Å². The molecule has 5 nitrogen and oxygen atoms in total. The minimum absolute atomic E-state index is 0. The van der Waals surface area contributed by atoms with Crippen LogP contribution in [0.1, 0.15) is 6.92 Å². The van der Waals surface area contributed by atoms with Crippen molar-refractivity contribution in [2.45, 2.75) is 17.9 Å². The van der Waals surface area contributed by atoms with Crippen molar-refractivity contribution in [1.29, 1.82) is 0 Å². The lowest BCUT2D eigenvalue weighted by molar-refractivity contribution is 0.482. The fourth-order valence-electron chi connectivity index (χ4n) is 1.77. The topological polar surface area (TPSA) is 67.4 Å². The Kier molecular flexibility index (Phi) is 7.99. The maximum atomic E-state index is 12.2. The molecule has 0 saturated heterocycles. The summed E-state index contributed by atoms with van der Waals surface area (Å²) in [5.41, 5.74) is 0. The average molecular weight is 391 g/mol. The number of benzene rings is 2. The van der Waals surface area contributed by atoms with E-state index in [0.717, 1.165) is 0 Å². The average Bonchev–Trinajstić information content (AvgIpc) is 2.53. The molecular weight excluding hydrogens is 371 g/mol. The summed E-state index contributed by atoms with van der Waals surface area (Å²) in [6.45, 7) is 2.21. The fourth-order valence-corrected chi connectivity index (χ4v) is 3.08. The van der Waals surface area contributed by atoms with Crippen molar-refractivity contribution in [2.75, 3.05) is 13.6 Å². The summed E-state index contributed by atoms with van der Waals surface area (Å²) in [6.07, 6.45) is 0. The van der Waals surface area contributed by atoms with E-state index in [0.29, 0.717) is 23.1 Å². The first-order chi connectivity index (χ1) is 10.9. The number of rotatable bonds is 7. The molecule has 1 unspecified atom stereocenters. The van der Waals surface area contributed by atoms with Crippen molar-refractivity contribution in [1.82, 2.24) is 10.0 Å². The zero-order chi connectivity index (χ0) is 16.9. The quantitative estimate of drug-likeness (QED) is 0.759. The minimum Gasteiger partial charge on any atom is -0.457 e. The molecule has 2 aromatic rings. The van der Waals surface area contributed by atoms with Gasteiger partial charge in [0.25, 0.3) is 0 Å². The summed E-state index contributed by atoms with van der Waals surface area (Å²) < 4.78 is 32.5. The summed E-state index contributed by atoms with van der Waals surface area (Å²) in [6, 6.07) is 13.3. The second-order valence-electron chi connectivity index (χ2n) is 5.07. The molecule has 0 heterocycles. The molecule has 24 heavy (non-hydrogen) atoms. The third-order valence-electron chi connectivity index (χ3n) is 3.24. The van der Waals surface area contributed by atoms with Crippen molar-refractivity contribution < 1.29 is 13.2 Å². The lowest BCUT2D eigenvalue weighted by atomic mass is 10.3. The van der Waals surface area contributed by atoms with Gasteiger partial charge in [0.15, 0.2) is 0 Å². The molecule has 0 aliphatic heterocycles. The first-order valence-corrected chi connectivity index (χ1v) is 8.97. The van der Waals surface area contributed by atoms with Gasteiger partial charge >= 0.3 is 0 Å². The van der Waals surface area contributed by atoms with Crippen LogP contribution in [-0.2, 0) is 10.0 Å². The van der Waals surface area contributed by atoms with Crippen LogP contribution in [0.15, 0.2) is 53.4 Å². The fraction of sp³-hybridized carbons (Fsp3) is 0.250. The third kappa shape index (κ3) is 5.96. The molecule has 132 valence electrons. The molecule has 0 aliphatic carbocycles. The van der Waals surface area contributed by atoms with E-state index in [9.17, 15) is 8.42 Å². The number of hydrogen-bond acceptors (Lipinski definition) is 4. The molecule has 0 amide bonds. The molecule has 0 fully saturated rings. The predicted octanol–water partition coefficient (Wildman–Crippen LogP) is 3.44. The number of nitrogens with one attached hydrogen (secondary N) is 2. The number of halogens is 2. The van der Waals surface area contributed by atoms with Gasteiger partial charge in [0.1, 0.15) is 11.5 Å². The second kappa shape index (κ2) is 9.25. The monoisotopic (exact) mass is 390 g/mol. The second-order valence-corrected chi connectivity index (χ2v) is 7.28. The van der Waals surface area contributed by atoms with Crippen LogP contribution >= 0.6 is 24.0 Å². The van der Waals surface area contributed by atoms with E-state index in [1.54, 1.807) is 43.4 Å². The van der Waals surface area contributed by atoms with Gasteiger partial charge < -0.3 is 10.1 Å². The van der Waals surface area contributed by atoms with Gasteiger partial charge in [0.05, 0.1) is 4.90 Å². The van der Waals surface area contributed by atoms with Crippen molar-refractivity contribution in [3.63, 3.8) is 0 Å². The summed E-state index contributed by atoms with van der Waals surface area (Å²) >= 11 is 5.90. The van der Waals surface area contributed by atoms with E-state index >= 15 is 0 Å². The van der Waals surface area contributed by atoms with E-state index < -0.39 is 10.0 Å². The number of ether oxygens (including phenoxy) is 1. The normalized spacial score (nSPS) is 12.3. The molecule has 0 radical (unpaired) electrons. The maximum Gasteiger partial charge on any atom is 0.240 e. The molecule has 0 bridgehead atoms. The highest BCUT2D eigenvalue weighted by molar-refractivity contribution is 7.89. The highest BCUT2D eigenvalue weighted by Gasteiger charge is 2.14. The smallest absolute Gasteiger partial charge is 0.240 e. The Morgan fingerprint density at radius 3 is 2.38 bits per heavy atom. The Balaban J connectivity index is 0.00000288. The molecule has 0 spiro atoms. The molecule has 8 heteroatoms. The summed E-state index contributed by atoms with van der Waals surface area (Å²) in [5.74, 6) is 1.13. The van der Waals surface area contributed by atoms with Crippen LogP contribution in [0.4, 0.5) is 0 Å². The summed E-state index contributed by atoms with van der Waals surface area (Å²) in [5, 5.41) is 3.55. The number of sulfonamides is 1. The van der Waals surface area contributed by atoms with E-state index in [2.05, 4.69) is 10.0 Å². The molecule has 2 N–H and O–H groups in total. The summed E-state index contributed by atoms with van der Waals surface area (Å²) in [7, 11) is -1.75. The van der Waals surface area contributed by atoms with Crippen molar-refractivity contribution in [3.05, 3.63) is 53.6 Å². The van der Waals surface area contributed by atoms with Gasteiger partial charge in [-0.1, -0.05) is 17.7 Å². The first kappa shape index (κ1) is 20.7. The molecule has 1 atom stereocenters. The zero-order valence-electron chi connectivity index (χ0n) is 13.3. The van der Waals surface area contributed by atoms with Gasteiger partial charge in [-0.2, -0.15) is 0 Å². The molecule has 2 aromatic carbocycles. The first-order valence-electron chi connectivity index (χ1n) is 7.11. The van der Waals surface area contributed by atoms with Crippen LogP contribution in [0, 0.1) is 0 Å². The minimum atomic E-state index is -3.53. The van der Waals surface area contributed by atoms with Gasteiger partial charge in [0.2, 0.25) is 10.0 Å². The molecule has 0 aromatic heterocycles. The van der Waals surface area contributed by atoms with Crippen molar-refractivity contribution >= 4 is 34.0 Å². The largest absolute Gasteiger partial charge is 0.457 e. The van der Waals surface area contributed by atoms with Gasteiger partial charge in [-0.25, -0.2) is 13.1 Å². The van der Waals surface area contributed by atoms with Crippen LogP contribution in [0.2, 0.25) is 5.02 Å². The Morgan fingerprint density at radius 1 is 1.12 bits per heavy atom. The van der Waals surface area contributed by atoms with E-state index in [4.69, 9.17) is 16.3 Å². The molecule has 0 aliphatic rings. The zero-order valence-corrected chi connectivity index (χ0v) is 15.7. The highest BCUT2D eigenvalue weighted by Crippen LogP contribution is 2.25. The van der Waals surface area contributed by atoms with Gasteiger partial charge in [-0.3, -0.25) is 0 Å². The Morgan fingerprint density at radius 2 is 1.79 bits per heavy atom. The van der Waals surface area contributed by atoms with Gasteiger partial charge in [-0.15, -0.1) is 12.4 Å². The SMILES string of the molecule is CNC(C)CNS(=O)(=O)c1ccc(Oc2cccc(Cl)c2)cc1.Cl. The Labute approximate surface area is 153 Å². The van der Waals surface area contributed by atoms with Crippen molar-refractivity contribution in [3.8, 4) is 11.5 Å². The van der Waals surface area contributed by atoms with E-state index in [1.165, 1.54) is 12.1 Å². The molecular formula is C16H20Cl2N2O3S. The van der Waals surface area contributed by atoms with Gasteiger partial charge in [-0.05, 0) is 56.4 Å². The maximum absolute atomic E-state index is 12.2. The van der Waals surface area contributed by atoms with E-state index in [1.807, 2.05) is 6.92 Å². The predicted molar refractivity (Wildman–Crippen MR) is 98.9 cm³/mol. The van der Waals surface area contributed by atoms with E-state index in [-0.39, 0.29) is 23.3 Å². The van der Waals surface area contributed by atoms with Crippen molar-refractivity contribution in [2.24, 2.45) is 0 Å². The Hall–Kier alpha value is -1.31. The summed E-state index contributed by atoms with van der Waals surface area (Å²) in [4.78, 5) is 0.194. The lowest BCUT2D eigenvalue weighted by Crippen LogP contribution is -2.37. The number of hydrogen-bond donors (Lipinski definition) is 2. The van der Waals surface area contributed by atoms with Crippen LogP contribution in [0.5, 0.6) is 11.5 Å². The van der Waals surface area contributed by atoms with Crippen LogP contribution < -0.4 is 14.8 Å². The lowest BCUT2D eigenvalue weighted by Gasteiger charge is -2.12. The standard InChI is InChI=1S/C16H19ClN2O3S.ClH/c1-12(18-2)11-19-23(20,21)16-8-6-14(7-9-16)22-15-5-3-4-13(17)10-15;/h3-10,12,18-19H,11H2,1-2H3;1H. The van der Waals surface area contributed by atoms with Crippen LogP contribution in [0.3, 0.4) is 0 Å². The third-order valence-corrected chi connectivity index (χ3v) is 4.91. The molecule has 2 rings (SSSR count). The van der Waals surface area contributed by atoms with Crippen LogP contribution in [-0.4, -0.2) is 28.1 Å². The Bertz CT molecular complexity index is 752. The van der Waals surface area contributed by atoms with Crippen LogP contribution in [0.25, 0.3) is 0 Å². The highest BCUT2D eigenvalue weighted by atomic mass is 35.5. The number of likely N-dealkylation sites (N-methyl/N-ethyl adjacent to an activating group) is 1.